The molecule has 2 atom stereocenters. The van der Waals surface area contributed by atoms with Gasteiger partial charge >= 0.3 is 0 Å². The molecule has 0 radical (unpaired) electrons. The zero-order chi connectivity index (χ0) is 17.3. The highest BCUT2D eigenvalue weighted by Gasteiger charge is 2.31. The molecule has 2 heterocycles. The van der Waals surface area contributed by atoms with Gasteiger partial charge < -0.3 is 20.2 Å². The van der Waals surface area contributed by atoms with E-state index in [4.69, 9.17) is 18.0 Å². The number of likely N-dealkylation sites (tertiary alicyclic amines) is 1. The van der Waals surface area contributed by atoms with E-state index in [1.54, 1.807) is 6.07 Å². The van der Waals surface area contributed by atoms with Crippen LogP contribution in [0.15, 0.2) is 18.2 Å². The van der Waals surface area contributed by atoms with Crippen molar-refractivity contribution in [3.63, 3.8) is 0 Å². The number of aromatic nitrogens is 2. The number of amides is 1. The first-order valence-electron chi connectivity index (χ1n) is 8.43. The van der Waals surface area contributed by atoms with E-state index in [1.807, 2.05) is 16.4 Å². The van der Waals surface area contributed by atoms with Crippen LogP contribution in [0, 0.1) is 16.5 Å². The largest absolute Gasteiger partial charge is 0.340 e. The predicted octanol–water partition coefficient (Wildman–Crippen LogP) is 2.99. The third-order valence-corrected chi connectivity index (χ3v) is 5.17. The molecule has 5 nitrogen and oxygen atoms in total. The standard InChI is InChI=1S/C17H23FN4OS/c1-2-11(5-7-19)16(23)21-8-6-13(10-21)22-15-4-3-12(18)9-14(15)20-17(22)24/h3-4,9,11,13H,2,5-8,10,19H2,1H3,(H,20,24). The average Bonchev–Trinajstić information content (AvgIpc) is 3.15. The Bertz CT molecular complexity index is 799. The number of nitrogens with two attached hydrogens (primary N) is 1. The van der Waals surface area contributed by atoms with Gasteiger partial charge in [-0.3, -0.25) is 4.79 Å². The quantitative estimate of drug-likeness (QED) is 0.815. The van der Waals surface area contributed by atoms with Crippen LogP contribution in [0.25, 0.3) is 11.0 Å². The number of halogens is 1. The number of H-pyrrole nitrogens is 1. The number of fused-ring (bicyclic) bond motifs is 1. The zero-order valence-corrected chi connectivity index (χ0v) is 14.6. The van der Waals surface area contributed by atoms with Crippen LogP contribution in [0.3, 0.4) is 0 Å². The summed E-state index contributed by atoms with van der Waals surface area (Å²) >= 11 is 5.42. The summed E-state index contributed by atoms with van der Waals surface area (Å²) in [7, 11) is 0. The molecule has 0 spiro atoms. The Balaban J connectivity index is 1.82. The molecule has 1 aromatic heterocycles. The van der Waals surface area contributed by atoms with Crippen LogP contribution in [-0.2, 0) is 4.79 Å². The van der Waals surface area contributed by atoms with Crippen molar-refractivity contribution in [1.29, 1.82) is 0 Å². The minimum Gasteiger partial charge on any atom is -0.340 e. The highest BCUT2D eigenvalue weighted by atomic mass is 32.1. The summed E-state index contributed by atoms with van der Waals surface area (Å²) in [5, 5.41) is 0. The Hall–Kier alpha value is -1.73. The van der Waals surface area contributed by atoms with Crippen LogP contribution in [-0.4, -0.2) is 40.0 Å². The fourth-order valence-electron chi connectivity index (χ4n) is 3.58. The van der Waals surface area contributed by atoms with Crippen LogP contribution in [0.1, 0.15) is 32.2 Å². The lowest BCUT2D eigenvalue weighted by molar-refractivity contribution is -0.134. The van der Waals surface area contributed by atoms with Crippen molar-refractivity contribution < 1.29 is 9.18 Å². The van der Waals surface area contributed by atoms with Crippen molar-refractivity contribution in [1.82, 2.24) is 14.5 Å². The summed E-state index contributed by atoms with van der Waals surface area (Å²) in [5.41, 5.74) is 7.19. The van der Waals surface area contributed by atoms with Crippen LogP contribution in [0.2, 0.25) is 0 Å². The summed E-state index contributed by atoms with van der Waals surface area (Å²) in [6.45, 7) is 3.91. The molecular weight excluding hydrogens is 327 g/mol. The van der Waals surface area contributed by atoms with Crippen LogP contribution >= 0.6 is 12.2 Å². The maximum absolute atomic E-state index is 13.4. The van der Waals surface area contributed by atoms with Crippen LogP contribution in [0.4, 0.5) is 4.39 Å². The molecule has 1 aliphatic rings. The molecule has 3 N–H and O–H groups in total. The van der Waals surface area contributed by atoms with Crippen molar-refractivity contribution >= 4 is 29.2 Å². The first-order chi connectivity index (χ1) is 11.5. The number of aromatic amines is 1. The molecule has 0 aliphatic carbocycles. The first-order valence-corrected chi connectivity index (χ1v) is 8.84. The van der Waals surface area contributed by atoms with Gasteiger partial charge in [0, 0.05) is 19.0 Å². The van der Waals surface area contributed by atoms with Crippen molar-refractivity contribution in [2.75, 3.05) is 19.6 Å². The lowest BCUT2D eigenvalue weighted by Crippen LogP contribution is -2.35. The number of hydrogen-bond acceptors (Lipinski definition) is 3. The van der Waals surface area contributed by atoms with Crippen molar-refractivity contribution in [2.24, 2.45) is 11.7 Å². The smallest absolute Gasteiger partial charge is 0.225 e. The molecule has 0 saturated carbocycles. The van der Waals surface area contributed by atoms with E-state index in [-0.39, 0.29) is 23.7 Å². The Morgan fingerprint density at radius 1 is 1.54 bits per heavy atom. The molecule has 2 unspecified atom stereocenters. The average molecular weight is 350 g/mol. The second-order valence-electron chi connectivity index (χ2n) is 6.37. The highest BCUT2D eigenvalue weighted by Crippen LogP contribution is 2.28. The normalized spacial score (nSPS) is 19.1. The highest BCUT2D eigenvalue weighted by molar-refractivity contribution is 7.71. The van der Waals surface area contributed by atoms with Gasteiger partial charge in [0.15, 0.2) is 4.77 Å². The van der Waals surface area contributed by atoms with Gasteiger partial charge in [-0.05, 0) is 56.2 Å². The van der Waals surface area contributed by atoms with Gasteiger partial charge in [-0.1, -0.05) is 6.92 Å². The number of nitrogens with one attached hydrogen (secondary N) is 1. The summed E-state index contributed by atoms with van der Waals surface area (Å²) in [6.07, 6.45) is 2.38. The molecule has 1 fully saturated rings. The Labute approximate surface area is 145 Å². The van der Waals surface area contributed by atoms with E-state index in [9.17, 15) is 9.18 Å². The van der Waals surface area contributed by atoms with Gasteiger partial charge in [0.2, 0.25) is 5.91 Å². The van der Waals surface area contributed by atoms with E-state index in [2.05, 4.69) is 4.98 Å². The van der Waals surface area contributed by atoms with Gasteiger partial charge in [-0.2, -0.15) is 0 Å². The van der Waals surface area contributed by atoms with Gasteiger partial charge in [0.05, 0.1) is 17.1 Å². The maximum Gasteiger partial charge on any atom is 0.225 e. The van der Waals surface area contributed by atoms with Crippen molar-refractivity contribution in [3.05, 3.63) is 28.8 Å². The molecule has 1 saturated heterocycles. The molecule has 24 heavy (non-hydrogen) atoms. The summed E-state index contributed by atoms with van der Waals surface area (Å²) in [5.74, 6) is -0.108. The molecule has 130 valence electrons. The number of rotatable bonds is 5. The van der Waals surface area contributed by atoms with Gasteiger partial charge in [-0.15, -0.1) is 0 Å². The molecule has 3 rings (SSSR count). The SMILES string of the molecule is CCC(CCN)C(=O)N1CCC(n2c(=S)[nH]c3cc(F)ccc32)C1. The molecule has 1 aliphatic heterocycles. The third-order valence-electron chi connectivity index (χ3n) is 4.88. The van der Waals surface area contributed by atoms with E-state index in [0.29, 0.717) is 23.4 Å². The third kappa shape index (κ3) is 3.10. The monoisotopic (exact) mass is 350 g/mol. The first kappa shape index (κ1) is 17.1. The second-order valence-corrected chi connectivity index (χ2v) is 6.76. The number of nitrogens with zero attached hydrogens (tertiary/aromatic N) is 2. The number of hydrogen-bond donors (Lipinski definition) is 2. The number of imidazole rings is 1. The Kier molecular flexibility index (Phi) is 5.01. The topological polar surface area (TPSA) is 67.1 Å². The van der Waals surface area contributed by atoms with Gasteiger partial charge in [0.25, 0.3) is 0 Å². The van der Waals surface area contributed by atoms with Crippen LogP contribution < -0.4 is 5.73 Å². The summed E-state index contributed by atoms with van der Waals surface area (Å²) in [4.78, 5) is 17.6. The van der Waals surface area contributed by atoms with Crippen molar-refractivity contribution in [3.8, 4) is 0 Å². The number of carbonyl (C=O) groups is 1. The summed E-state index contributed by atoms with van der Waals surface area (Å²) in [6, 6.07) is 4.75. The van der Waals surface area contributed by atoms with E-state index in [1.165, 1.54) is 12.1 Å². The lowest BCUT2D eigenvalue weighted by Gasteiger charge is -2.22. The van der Waals surface area contributed by atoms with Gasteiger partial charge in [-0.25, -0.2) is 4.39 Å². The molecule has 2 aromatic rings. The minimum atomic E-state index is -0.290. The minimum absolute atomic E-state index is 0.00112. The number of benzene rings is 1. The van der Waals surface area contributed by atoms with Crippen molar-refractivity contribution in [2.45, 2.75) is 32.2 Å². The second kappa shape index (κ2) is 7.03. The number of carbonyl (C=O) groups excluding carboxylic acids is 1. The molecule has 1 aromatic carbocycles. The Morgan fingerprint density at radius 3 is 3.04 bits per heavy atom. The fourth-order valence-corrected chi connectivity index (χ4v) is 3.94. The zero-order valence-electron chi connectivity index (χ0n) is 13.8. The predicted molar refractivity (Wildman–Crippen MR) is 94.8 cm³/mol. The van der Waals surface area contributed by atoms with E-state index < -0.39 is 0 Å². The fraction of sp³-hybridized carbons (Fsp3) is 0.529. The van der Waals surface area contributed by atoms with E-state index in [0.717, 1.165) is 31.3 Å². The molecule has 7 heteroatoms. The molecular formula is C17H23FN4OS. The summed E-state index contributed by atoms with van der Waals surface area (Å²) < 4.78 is 16.0. The lowest BCUT2D eigenvalue weighted by atomic mass is 10.0. The van der Waals surface area contributed by atoms with Crippen LogP contribution in [0.5, 0.6) is 0 Å². The molecule has 1 amide bonds. The van der Waals surface area contributed by atoms with E-state index >= 15 is 0 Å². The molecule has 0 bridgehead atoms. The maximum atomic E-state index is 13.4. The Morgan fingerprint density at radius 2 is 2.33 bits per heavy atom. The van der Waals surface area contributed by atoms with Gasteiger partial charge in [0.1, 0.15) is 5.82 Å².